The lowest BCUT2D eigenvalue weighted by atomic mass is 10.2. The summed E-state index contributed by atoms with van der Waals surface area (Å²) in [4.78, 5) is 24.5. The van der Waals surface area contributed by atoms with E-state index in [0.717, 1.165) is 15.8 Å². The second-order valence-electron chi connectivity index (χ2n) is 9.37. The molecule has 9 nitrogen and oxygen atoms in total. The van der Waals surface area contributed by atoms with Gasteiger partial charge < -0.3 is 9.47 Å². The van der Waals surface area contributed by atoms with Gasteiger partial charge in [0.1, 0.15) is 0 Å². The fourth-order valence-electron chi connectivity index (χ4n) is 4.49. The zero-order valence-corrected chi connectivity index (χ0v) is 25.1. The highest BCUT2D eigenvalue weighted by Gasteiger charge is 2.26. The smallest absolute Gasteiger partial charge is 0.260 e. The molecule has 0 spiro atoms. The van der Waals surface area contributed by atoms with E-state index in [9.17, 15) is 13.2 Å². The van der Waals surface area contributed by atoms with Crippen molar-refractivity contribution in [3.05, 3.63) is 108 Å². The Morgan fingerprint density at radius 2 is 1.57 bits per heavy atom. The van der Waals surface area contributed by atoms with Crippen LogP contribution < -0.4 is 14.4 Å². The van der Waals surface area contributed by atoms with Gasteiger partial charge in [0.25, 0.3) is 5.91 Å². The second-order valence-corrected chi connectivity index (χ2v) is 12.3. The number of sulfonamides is 1. The maximum atomic E-state index is 13.9. The van der Waals surface area contributed by atoms with Crippen molar-refractivity contribution in [1.29, 1.82) is 0 Å². The van der Waals surface area contributed by atoms with Gasteiger partial charge in [-0.05, 0) is 41.5 Å². The number of nitrogens with zero attached hydrogens (tertiary/aromatic N) is 4. The molecule has 5 rings (SSSR count). The van der Waals surface area contributed by atoms with Gasteiger partial charge >= 0.3 is 0 Å². The molecule has 0 N–H and O–H groups in total. The first kappa shape index (κ1) is 29.2. The average molecular weight is 603 g/mol. The molecule has 216 valence electrons. The Bertz CT molecular complexity index is 1740. The predicted molar refractivity (Wildman–Crippen MR) is 164 cm³/mol. The van der Waals surface area contributed by atoms with Crippen molar-refractivity contribution in [2.24, 2.45) is 0 Å². The summed E-state index contributed by atoms with van der Waals surface area (Å²) in [5, 5.41) is 0.478. The van der Waals surface area contributed by atoms with E-state index in [0.29, 0.717) is 34.3 Å². The topological polar surface area (TPSA) is 102 Å². The Labute approximate surface area is 249 Å². The van der Waals surface area contributed by atoms with Crippen LogP contribution in [-0.4, -0.2) is 49.4 Å². The Hall–Kier alpha value is -4.32. The minimum atomic E-state index is -3.78. The van der Waals surface area contributed by atoms with Crippen molar-refractivity contribution in [3.63, 3.8) is 0 Å². The lowest BCUT2D eigenvalue weighted by Gasteiger charge is -2.22. The minimum Gasteiger partial charge on any atom is -0.493 e. The molecule has 0 fully saturated rings. The van der Waals surface area contributed by atoms with E-state index in [1.807, 2.05) is 42.5 Å². The monoisotopic (exact) mass is 602 g/mol. The lowest BCUT2D eigenvalue weighted by molar-refractivity contribution is 0.0985. The zero-order valence-electron chi connectivity index (χ0n) is 23.4. The molecule has 0 aliphatic rings. The second kappa shape index (κ2) is 12.7. The molecule has 0 radical (unpaired) electrons. The van der Waals surface area contributed by atoms with Crippen LogP contribution in [-0.2, 0) is 23.1 Å². The van der Waals surface area contributed by atoms with Gasteiger partial charge in [0.2, 0.25) is 10.0 Å². The van der Waals surface area contributed by atoms with E-state index in [1.165, 1.54) is 27.8 Å². The number of amides is 1. The van der Waals surface area contributed by atoms with Crippen molar-refractivity contribution in [1.82, 2.24) is 14.3 Å². The van der Waals surface area contributed by atoms with E-state index in [1.54, 1.807) is 62.7 Å². The number of benzene rings is 3. The number of methoxy groups -OCH3 is 2. The van der Waals surface area contributed by atoms with Crippen LogP contribution in [0.2, 0.25) is 0 Å². The lowest BCUT2D eigenvalue weighted by Crippen LogP contribution is -2.31. The van der Waals surface area contributed by atoms with Crippen molar-refractivity contribution >= 4 is 42.6 Å². The number of fused-ring (bicyclic) bond motifs is 1. The summed E-state index contributed by atoms with van der Waals surface area (Å²) in [6.45, 7) is 2.59. The average Bonchev–Trinajstić information content (AvgIpc) is 3.45. The van der Waals surface area contributed by atoms with Crippen LogP contribution in [0.15, 0.2) is 96.2 Å². The van der Waals surface area contributed by atoms with Gasteiger partial charge in [0.15, 0.2) is 16.6 Å². The summed E-state index contributed by atoms with van der Waals surface area (Å²) in [7, 11) is -0.657. The van der Waals surface area contributed by atoms with Crippen LogP contribution in [0, 0.1) is 0 Å². The summed E-state index contributed by atoms with van der Waals surface area (Å²) in [6, 6.07) is 22.8. The molecule has 1 amide bonds. The molecule has 0 unspecified atom stereocenters. The maximum Gasteiger partial charge on any atom is 0.260 e. The largest absolute Gasteiger partial charge is 0.493 e. The standard InChI is InChI=1S/C31H30N4O5S2/c1-4-34(20-22-9-6-5-7-10-22)42(37,38)25-14-12-24(13-15-25)30(36)35(21-23-11-8-16-32-19-23)31-33-26-17-27(39-2)28(40-3)18-29(26)41-31/h5-19H,4,20-21H2,1-3H3. The summed E-state index contributed by atoms with van der Waals surface area (Å²) < 4.78 is 40.0. The molecule has 0 bridgehead atoms. The van der Waals surface area contributed by atoms with Gasteiger partial charge in [0.05, 0.1) is 35.9 Å². The number of hydrogen-bond donors (Lipinski definition) is 0. The van der Waals surface area contributed by atoms with Crippen LogP contribution in [0.5, 0.6) is 11.5 Å². The van der Waals surface area contributed by atoms with E-state index in [-0.39, 0.29) is 23.9 Å². The first-order valence-electron chi connectivity index (χ1n) is 13.2. The van der Waals surface area contributed by atoms with Gasteiger partial charge in [0, 0.05) is 43.2 Å². The minimum absolute atomic E-state index is 0.120. The maximum absolute atomic E-state index is 13.9. The molecular weight excluding hydrogens is 572 g/mol. The van der Waals surface area contributed by atoms with E-state index >= 15 is 0 Å². The molecule has 5 aromatic rings. The third-order valence-electron chi connectivity index (χ3n) is 6.72. The van der Waals surface area contributed by atoms with Crippen LogP contribution in [0.1, 0.15) is 28.4 Å². The van der Waals surface area contributed by atoms with Crippen molar-refractivity contribution < 1.29 is 22.7 Å². The Morgan fingerprint density at radius 1 is 0.881 bits per heavy atom. The van der Waals surface area contributed by atoms with Gasteiger partial charge in [-0.15, -0.1) is 0 Å². The van der Waals surface area contributed by atoms with Gasteiger partial charge in [-0.25, -0.2) is 13.4 Å². The van der Waals surface area contributed by atoms with Crippen molar-refractivity contribution in [2.45, 2.75) is 24.9 Å². The number of anilines is 1. The summed E-state index contributed by atoms with van der Waals surface area (Å²) in [5.41, 5.74) is 2.71. The first-order chi connectivity index (χ1) is 20.3. The fourth-order valence-corrected chi connectivity index (χ4v) is 6.90. The van der Waals surface area contributed by atoms with E-state index < -0.39 is 10.0 Å². The molecular formula is C31H30N4O5S2. The molecule has 3 aromatic carbocycles. The summed E-state index contributed by atoms with van der Waals surface area (Å²) in [6.07, 6.45) is 3.36. The number of ether oxygens (including phenoxy) is 2. The molecule has 0 saturated carbocycles. The quantitative estimate of drug-likeness (QED) is 0.189. The van der Waals surface area contributed by atoms with Crippen LogP contribution in [0.25, 0.3) is 10.2 Å². The Kier molecular flexibility index (Phi) is 8.81. The highest BCUT2D eigenvalue weighted by molar-refractivity contribution is 7.89. The Morgan fingerprint density at radius 3 is 2.21 bits per heavy atom. The molecule has 0 aliphatic carbocycles. The van der Waals surface area contributed by atoms with E-state index in [2.05, 4.69) is 4.98 Å². The molecule has 11 heteroatoms. The van der Waals surface area contributed by atoms with Crippen LogP contribution >= 0.6 is 11.3 Å². The highest BCUT2D eigenvalue weighted by atomic mass is 32.2. The van der Waals surface area contributed by atoms with Crippen LogP contribution in [0.4, 0.5) is 5.13 Å². The molecule has 0 saturated heterocycles. The zero-order chi connectivity index (χ0) is 29.7. The number of rotatable bonds is 11. The molecule has 2 aromatic heterocycles. The van der Waals surface area contributed by atoms with Gasteiger partial charge in [-0.1, -0.05) is 54.7 Å². The number of pyridine rings is 1. The van der Waals surface area contributed by atoms with Crippen molar-refractivity contribution in [2.75, 3.05) is 25.7 Å². The summed E-state index contributed by atoms with van der Waals surface area (Å²) >= 11 is 1.35. The molecule has 0 aliphatic heterocycles. The van der Waals surface area contributed by atoms with E-state index in [4.69, 9.17) is 14.5 Å². The highest BCUT2D eigenvalue weighted by Crippen LogP contribution is 2.38. The SMILES string of the molecule is CCN(Cc1ccccc1)S(=O)(=O)c1ccc(C(=O)N(Cc2cccnc2)c2nc3cc(OC)c(OC)cc3s2)cc1. The number of carbonyl (C=O) groups is 1. The Balaban J connectivity index is 1.46. The predicted octanol–water partition coefficient (Wildman–Crippen LogP) is 5.77. The summed E-state index contributed by atoms with van der Waals surface area (Å²) in [5.74, 6) is 0.783. The molecule has 0 atom stereocenters. The van der Waals surface area contributed by atoms with Crippen LogP contribution in [0.3, 0.4) is 0 Å². The van der Waals surface area contributed by atoms with Gasteiger partial charge in [-0.2, -0.15) is 4.31 Å². The van der Waals surface area contributed by atoms with Crippen molar-refractivity contribution in [3.8, 4) is 11.5 Å². The third kappa shape index (κ3) is 6.13. The number of aromatic nitrogens is 2. The molecule has 2 heterocycles. The third-order valence-corrected chi connectivity index (χ3v) is 9.69. The number of thiazole rings is 1. The number of carbonyl (C=O) groups excluding carboxylic acids is 1. The fraction of sp³-hybridized carbons (Fsp3) is 0.194. The molecule has 42 heavy (non-hydrogen) atoms. The first-order valence-corrected chi connectivity index (χ1v) is 15.5. The van der Waals surface area contributed by atoms with Gasteiger partial charge in [-0.3, -0.25) is 14.7 Å². The number of hydrogen-bond acceptors (Lipinski definition) is 8. The normalized spacial score (nSPS) is 11.5.